The number of amides is 1. The van der Waals surface area contributed by atoms with Gasteiger partial charge in [-0.15, -0.1) is 0 Å². The zero-order chi connectivity index (χ0) is 15.5. The number of aryl methyl sites for hydroxylation is 1. The molecular weight excluding hydrogens is 316 g/mol. The summed E-state index contributed by atoms with van der Waals surface area (Å²) in [6.07, 6.45) is 0. The maximum atomic E-state index is 11.4. The zero-order valence-corrected chi connectivity index (χ0v) is 13.8. The topological polar surface area (TPSA) is 67.8 Å². The van der Waals surface area contributed by atoms with Gasteiger partial charge < -0.3 is 5.32 Å². The lowest BCUT2D eigenvalue weighted by Crippen LogP contribution is -2.19. The van der Waals surface area contributed by atoms with E-state index in [-0.39, 0.29) is 5.91 Å². The third-order valence-electron chi connectivity index (χ3n) is 3.00. The Morgan fingerprint density at radius 2 is 2.00 bits per heavy atom. The Balaban J connectivity index is 2.06. The normalized spacial score (nSPS) is 10.8. The Kier molecular flexibility index (Phi) is 4.35. The minimum Gasteiger partial charge on any atom is -0.358 e. The van der Waals surface area contributed by atoms with Crippen LogP contribution >= 0.6 is 23.1 Å². The molecule has 3 rings (SSSR count). The summed E-state index contributed by atoms with van der Waals surface area (Å²) >= 11 is 2.87. The molecule has 0 aliphatic heterocycles. The maximum absolute atomic E-state index is 11.4. The van der Waals surface area contributed by atoms with E-state index in [4.69, 9.17) is 0 Å². The van der Waals surface area contributed by atoms with Crippen molar-refractivity contribution in [2.45, 2.75) is 12.1 Å². The fourth-order valence-corrected chi connectivity index (χ4v) is 3.53. The number of hydrogen-bond acceptors (Lipinski definition) is 6. The fraction of sp³-hybridized carbons (Fsp3) is 0.200. The second-order valence-electron chi connectivity index (χ2n) is 4.57. The Labute approximate surface area is 136 Å². The number of benzene rings is 1. The molecule has 0 saturated carbocycles. The van der Waals surface area contributed by atoms with Crippen molar-refractivity contribution in [1.29, 1.82) is 0 Å². The average Bonchev–Trinajstić information content (AvgIpc) is 2.92. The molecule has 0 unspecified atom stereocenters. The van der Waals surface area contributed by atoms with Crippen LogP contribution in [0.4, 0.5) is 0 Å². The second kappa shape index (κ2) is 6.41. The van der Waals surface area contributed by atoms with Crippen molar-refractivity contribution in [1.82, 2.24) is 20.3 Å². The summed E-state index contributed by atoms with van der Waals surface area (Å²) in [6, 6.07) is 9.92. The first-order chi connectivity index (χ1) is 10.7. The molecule has 1 N–H and O–H groups in total. The van der Waals surface area contributed by atoms with Crippen LogP contribution < -0.4 is 5.32 Å². The number of hydrogen-bond donors (Lipinski definition) is 1. The lowest BCUT2D eigenvalue weighted by Gasteiger charge is -2.05. The van der Waals surface area contributed by atoms with Crippen molar-refractivity contribution in [2.75, 3.05) is 12.8 Å². The van der Waals surface area contributed by atoms with Crippen LogP contribution in [0.3, 0.4) is 0 Å². The van der Waals surface area contributed by atoms with E-state index in [2.05, 4.69) is 20.3 Å². The molecule has 22 heavy (non-hydrogen) atoms. The molecule has 0 saturated heterocycles. The summed E-state index contributed by atoms with van der Waals surface area (Å²) in [7, 11) is 1.62. The molecule has 0 aliphatic carbocycles. The Bertz CT molecular complexity index is 817. The number of aromatic nitrogens is 3. The molecule has 3 aromatic rings. The minimum absolute atomic E-state index is 0.0459. The minimum atomic E-state index is -0.0459. The number of rotatable bonds is 4. The summed E-state index contributed by atoms with van der Waals surface area (Å²) in [6.45, 7) is 1.96. The van der Waals surface area contributed by atoms with E-state index >= 15 is 0 Å². The molecule has 0 atom stereocenters. The van der Waals surface area contributed by atoms with Crippen LogP contribution in [0.1, 0.15) is 5.01 Å². The van der Waals surface area contributed by atoms with E-state index < -0.39 is 0 Å². The SMILES string of the molecule is CNC(=O)CSc1nc(-c2ccccc2)c2nc(C)sc2n1. The van der Waals surface area contributed by atoms with Gasteiger partial charge in [-0.2, -0.15) is 0 Å². The van der Waals surface area contributed by atoms with Gasteiger partial charge in [0, 0.05) is 12.6 Å². The van der Waals surface area contributed by atoms with Gasteiger partial charge in [0.15, 0.2) is 5.16 Å². The van der Waals surface area contributed by atoms with Crippen LogP contribution in [0.15, 0.2) is 35.5 Å². The summed E-state index contributed by atoms with van der Waals surface area (Å²) in [5, 5.41) is 4.15. The van der Waals surface area contributed by atoms with Crippen LogP contribution in [-0.4, -0.2) is 33.7 Å². The first kappa shape index (κ1) is 14.9. The van der Waals surface area contributed by atoms with Crippen molar-refractivity contribution < 1.29 is 4.79 Å². The van der Waals surface area contributed by atoms with Crippen molar-refractivity contribution in [3.63, 3.8) is 0 Å². The summed E-state index contributed by atoms with van der Waals surface area (Å²) < 4.78 is 0. The quantitative estimate of drug-likeness (QED) is 0.588. The standard InChI is InChI=1S/C15H14N4OS2/c1-9-17-13-12(10-6-4-3-5-7-10)18-15(19-14(13)22-9)21-8-11(20)16-2/h3-7H,8H2,1-2H3,(H,16,20). The van der Waals surface area contributed by atoms with Crippen molar-refractivity contribution in [3.8, 4) is 11.3 Å². The number of fused-ring (bicyclic) bond motifs is 1. The Morgan fingerprint density at radius 3 is 2.73 bits per heavy atom. The van der Waals surface area contributed by atoms with Crippen molar-refractivity contribution in [3.05, 3.63) is 35.3 Å². The van der Waals surface area contributed by atoms with Crippen molar-refractivity contribution in [2.24, 2.45) is 0 Å². The highest BCUT2D eigenvalue weighted by molar-refractivity contribution is 7.99. The van der Waals surface area contributed by atoms with Gasteiger partial charge >= 0.3 is 0 Å². The molecule has 112 valence electrons. The summed E-state index contributed by atoms with van der Waals surface area (Å²) in [5.74, 6) is 0.254. The van der Waals surface area contributed by atoms with Crippen LogP contribution in [0.2, 0.25) is 0 Å². The highest BCUT2D eigenvalue weighted by Crippen LogP contribution is 2.31. The van der Waals surface area contributed by atoms with E-state index in [1.54, 1.807) is 7.05 Å². The van der Waals surface area contributed by atoms with E-state index in [0.29, 0.717) is 10.9 Å². The number of thioether (sulfide) groups is 1. The van der Waals surface area contributed by atoms with Gasteiger partial charge in [0.25, 0.3) is 0 Å². The summed E-state index contributed by atoms with van der Waals surface area (Å²) in [4.78, 5) is 25.9. The molecule has 1 amide bonds. The molecule has 0 spiro atoms. The zero-order valence-electron chi connectivity index (χ0n) is 12.2. The van der Waals surface area contributed by atoms with E-state index in [9.17, 15) is 4.79 Å². The molecule has 0 aliphatic rings. The Morgan fingerprint density at radius 1 is 1.23 bits per heavy atom. The highest BCUT2D eigenvalue weighted by atomic mass is 32.2. The summed E-state index contributed by atoms with van der Waals surface area (Å²) in [5.41, 5.74) is 2.63. The first-order valence-electron chi connectivity index (χ1n) is 6.71. The van der Waals surface area contributed by atoms with Gasteiger partial charge in [-0.05, 0) is 6.92 Å². The van der Waals surface area contributed by atoms with Crippen LogP contribution in [-0.2, 0) is 4.79 Å². The molecule has 0 radical (unpaired) electrons. The lowest BCUT2D eigenvalue weighted by molar-refractivity contribution is -0.118. The highest BCUT2D eigenvalue weighted by Gasteiger charge is 2.14. The van der Waals surface area contributed by atoms with E-state index in [0.717, 1.165) is 26.6 Å². The van der Waals surface area contributed by atoms with E-state index in [1.165, 1.54) is 23.1 Å². The number of nitrogens with one attached hydrogen (secondary N) is 1. The Hall–Kier alpha value is -1.99. The molecule has 2 aromatic heterocycles. The molecule has 1 aromatic carbocycles. The number of carbonyl (C=O) groups excluding carboxylic acids is 1. The largest absolute Gasteiger partial charge is 0.358 e. The average molecular weight is 330 g/mol. The molecular formula is C15H14N4OS2. The number of nitrogens with zero attached hydrogens (tertiary/aromatic N) is 3. The first-order valence-corrected chi connectivity index (χ1v) is 8.51. The van der Waals surface area contributed by atoms with Gasteiger partial charge in [-0.1, -0.05) is 53.4 Å². The molecule has 7 heteroatoms. The van der Waals surface area contributed by atoms with Gasteiger partial charge in [0.05, 0.1) is 10.8 Å². The van der Waals surface area contributed by atoms with Crippen molar-refractivity contribution >= 4 is 39.4 Å². The van der Waals surface area contributed by atoms with Gasteiger partial charge in [-0.3, -0.25) is 4.79 Å². The molecule has 0 bridgehead atoms. The number of thiazole rings is 1. The molecule has 5 nitrogen and oxygen atoms in total. The third kappa shape index (κ3) is 3.10. The van der Waals surface area contributed by atoms with Crippen LogP contribution in [0.5, 0.6) is 0 Å². The smallest absolute Gasteiger partial charge is 0.230 e. The molecule has 2 heterocycles. The lowest BCUT2D eigenvalue weighted by atomic mass is 10.1. The van der Waals surface area contributed by atoms with Gasteiger partial charge in [0.1, 0.15) is 16.0 Å². The predicted octanol–water partition coefficient (Wildman–Crippen LogP) is 2.90. The molecule has 0 fully saturated rings. The predicted molar refractivity (Wildman–Crippen MR) is 90.2 cm³/mol. The van der Waals surface area contributed by atoms with Gasteiger partial charge in [0.2, 0.25) is 5.91 Å². The van der Waals surface area contributed by atoms with Crippen LogP contribution in [0, 0.1) is 6.92 Å². The van der Waals surface area contributed by atoms with Crippen LogP contribution in [0.25, 0.3) is 21.6 Å². The maximum Gasteiger partial charge on any atom is 0.230 e. The van der Waals surface area contributed by atoms with E-state index in [1.807, 2.05) is 37.3 Å². The monoisotopic (exact) mass is 330 g/mol. The fourth-order valence-electron chi connectivity index (χ4n) is 1.97. The van der Waals surface area contributed by atoms with Gasteiger partial charge in [-0.25, -0.2) is 15.0 Å². The number of carbonyl (C=O) groups is 1. The third-order valence-corrected chi connectivity index (χ3v) is 4.72. The second-order valence-corrected chi connectivity index (χ2v) is 6.69.